The lowest BCUT2D eigenvalue weighted by Crippen LogP contribution is -2.16. The molecule has 1 saturated carbocycles. The van der Waals surface area contributed by atoms with Gasteiger partial charge in [-0.2, -0.15) is 0 Å². The Morgan fingerprint density at radius 1 is 1.44 bits per heavy atom. The number of anilines is 1. The third-order valence-electron chi connectivity index (χ3n) is 2.78. The van der Waals surface area contributed by atoms with E-state index in [0.717, 1.165) is 12.8 Å². The number of benzene rings is 1. The Hall–Kier alpha value is -0.920. The van der Waals surface area contributed by atoms with Crippen molar-refractivity contribution < 1.29 is 13.2 Å². The van der Waals surface area contributed by atoms with Crippen LogP contribution in [-0.2, 0) is 14.8 Å². The second kappa shape index (κ2) is 4.64. The van der Waals surface area contributed by atoms with Gasteiger partial charge in [0.2, 0.25) is 15.9 Å². The average molecular weight is 333 g/mol. The number of halogens is 1. The summed E-state index contributed by atoms with van der Waals surface area (Å²) in [7, 11) is -3.75. The van der Waals surface area contributed by atoms with Gasteiger partial charge in [0.05, 0.1) is 10.6 Å². The van der Waals surface area contributed by atoms with Crippen molar-refractivity contribution in [1.29, 1.82) is 0 Å². The number of hydrogen-bond acceptors (Lipinski definition) is 3. The number of carbonyl (C=O) groups excluding carboxylic acids is 1. The van der Waals surface area contributed by atoms with E-state index in [1.165, 1.54) is 6.07 Å². The maximum Gasteiger partial charge on any atom is 0.238 e. The van der Waals surface area contributed by atoms with Crippen LogP contribution in [0.2, 0.25) is 0 Å². The molecule has 0 heterocycles. The van der Waals surface area contributed by atoms with Crippen LogP contribution in [0.5, 0.6) is 0 Å². The molecule has 0 aromatic heterocycles. The molecule has 1 aromatic carbocycles. The first kappa shape index (κ1) is 13.5. The first-order valence-corrected chi connectivity index (χ1v) is 7.77. The molecule has 0 atom stereocenters. The van der Waals surface area contributed by atoms with Crippen molar-refractivity contribution in [3.8, 4) is 0 Å². The van der Waals surface area contributed by atoms with Crippen molar-refractivity contribution in [1.82, 2.24) is 0 Å². The number of carbonyl (C=O) groups is 1. The van der Waals surface area contributed by atoms with E-state index in [9.17, 15) is 13.2 Å². The Labute approximate surface area is 114 Å². The fourth-order valence-corrected chi connectivity index (χ4v) is 3.03. The molecule has 0 unspecified atom stereocenters. The standard InChI is InChI=1S/C11H13BrN2O3S/c1-6-4-9(14-11(15)7-2-3-7)8(12)5-10(6)18(13,16)17/h4-5,7H,2-3H2,1H3,(H,14,15)(H2,13,16,17). The second-order valence-corrected chi connectivity index (χ2v) is 6.79. The maximum atomic E-state index is 11.6. The van der Waals surface area contributed by atoms with Gasteiger partial charge in [-0.05, 0) is 53.4 Å². The average Bonchev–Trinajstić information content (AvgIpc) is 3.04. The first-order valence-electron chi connectivity index (χ1n) is 5.43. The number of primary sulfonamides is 1. The molecule has 0 spiro atoms. The molecule has 0 radical (unpaired) electrons. The summed E-state index contributed by atoms with van der Waals surface area (Å²) < 4.78 is 23.2. The van der Waals surface area contributed by atoms with E-state index in [2.05, 4.69) is 21.2 Å². The summed E-state index contributed by atoms with van der Waals surface area (Å²) in [6, 6.07) is 3.01. The van der Waals surface area contributed by atoms with E-state index < -0.39 is 10.0 Å². The van der Waals surface area contributed by atoms with Gasteiger partial charge in [0.25, 0.3) is 0 Å². The molecule has 5 nitrogen and oxygen atoms in total. The molecule has 0 aliphatic heterocycles. The van der Waals surface area contributed by atoms with Crippen LogP contribution in [0.15, 0.2) is 21.5 Å². The van der Waals surface area contributed by atoms with Crippen LogP contribution >= 0.6 is 15.9 Å². The molecule has 1 aromatic rings. The number of nitrogens with one attached hydrogen (secondary N) is 1. The molecule has 18 heavy (non-hydrogen) atoms. The van der Waals surface area contributed by atoms with Crippen molar-refractivity contribution >= 4 is 37.5 Å². The molecule has 0 saturated heterocycles. The zero-order valence-electron chi connectivity index (χ0n) is 9.73. The van der Waals surface area contributed by atoms with Crippen molar-refractivity contribution in [2.45, 2.75) is 24.7 Å². The molecule has 98 valence electrons. The normalized spacial score (nSPS) is 15.5. The molecule has 3 N–H and O–H groups in total. The van der Waals surface area contributed by atoms with Crippen molar-refractivity contribution in [2.75, 3.05) is 5.32 Å². The van der Waals surface area contributed by atoms with Crippen molar-refractivity contribution in [3.63, 3.8) is 0 Å². The minimum absolute atomic E-state index is 0.0292. The van der Waals surface area contributed by atoms with Gasteiger partial charge in [0.15, 0.2) is 0 Å². The van der Waals surface area contributed by atoms with E-state index in [1.807, 2.05) is 0 Å². The largest absolute Gasteiger partial charge is 0.325 e. The smallest absolute Gasteiger partial charge is 0.238 e. The molecular formula is C11H13BrN2O3S. The fourth-order valence-electron chi connectivity index (χ4n) is 1.65. The maximum absolute atomic E-state index is 11.6. The number of aryl methyl sites for hydroxylation is 1. The van der Waals surface area contributed by atoms with E-state index in [1.54, 1.807) is 13.0 Å². The van der Waals surface area contributed by atoms with Gasteiger partial charge in [-0.3, -0.25) is 4.79 Å². The Kier molecular flexibility index (Phi) is 3.48. The van der Waals surface area contributed by atoms with Gasteiger partial charge in [-0.15, -0.1) is 0 Å². The van der Waals surface area contributed by atoms with Crippen LogP contribution in [0.25, 0.3) is 0 Å². The molecule has 1 aliphatic rings. The minimum atomic E-state index is -3.75. The summed E-state index contributed by atoms with van der Waals surface area (Å²) in [4.78, 5) is 11.7. The van der Waals surface area contributed by atoms with Crippen LogP contribution in [0.4, 0.5) is 5.69 Å². The van der Waals surface area contributed by atoms with E-state index in [-0.39, 0.29) is 16.7 Å². The van der Waals surface area contributed by atoms with Crippen molar-refractivity contribution in [2.24, 2.45) is 11.1 Å². The highest BCUT2D eigenvalue weighted by Crippen LogP contribution is 2.33. The van der Waals surface area contributed by atoms with Gasteiger partial charge >= 0.3 is 0 Å². The van der Waals surface area contributed by atoms with Crippen LogP contribution in [0.1, 0.15) is 18.4 Å². The number of hydrogen-bond donors (Lipinski definition) is 2. The Morgan fingerprint density at radius 2 is 2.06 bits per heavy atom. The van der Waals surface area contributed by atoms with Gasteiger partial charge in [0, 0.05) is 10.4 Å². The third-order valence-corrected chi connectivity index (χ3v) is 4.49. The molecule has 1 fully saturated rings. The molecule has 1 aliphatic carbocycles. The second-order valence-electron chi connectivity index (χ2n) is 4.41. The summed E-state index contributed by atoms with van der Waals surface area (Å²) in [5.74, 6) is 0.0635. The summed E-state index contributed by atoms with van der Waals surface area (Å²) in [5, 5.41) is 7.87. The fraction of sp³-hybridized carbons (Fsp3) is 0.364. The van der Waals surface area contributed by atoms with E-state index in [4.69, 9.17) is 5.14 Å². The lowest BCUT2D eigenvalue weighted by Gasteiger charge is -2.11. The summed E-state index contributed by atoms with van der Waals surface area (Å²) in [5.41, 5.74) is 1.07. The van der Waals surface area contributed by atoms with Crippen LogP contribution in [0.3, 0.4) is 0 Å². The minimum Gasteiger partial charge on any atom is -0.325 e. The number of amides is 1. The SMILES string of the molecule is Cc1cc(NC(=O)C2CC2)c(Br)cc1S(N)(=O)=O. The quantitative estimate of drug-likeness (QED) is 0.883. The number of sulfonamides is 1. The first-order chi connectivity index (χ1) is 8.29. The van der Waals surface area contributed by atoms with Crippen molar-refractivity contribution in [3.05, 3.63) is 22.2 Å². The van der Waals surface area contributed by atoms with Gasteiger partial charge in [-0.1, -0.05) is 0 Å². The third kappa shape index (κ3) is 2.90. The lowest BCUT2D eigenvalue weighted by atomic mass is 10.2. The molecular weight excluding hydrogens is 320 g/mol. The van der Waals surface area contributed by atoms with Crippen LogP contribution in [0, 0.1) is 12.8 Å². The summed E-state index contributed by atoms with van der Waals surface area (Å²) in [6.07, 6.45) is 1.83. The summed E-state index contributed by atoms with van der Waals surface area (Å²) in [6.45, 7) is 1.64. The highest BCUT2D eigenvalue weighted by molar-refractivity contribution is 9.10. The number of nitrogens with two attached hydrogens (primary N) is 1. The number of rotatable bonds is 3. The van der Waals surface area contributed by atoms with Crippen LogP contribution in [-0.4, -0.2) is 14.3 Å². The Balaban J connectivity index is 2.33. The van der Waals surface area contributed by atoms with Gasteiger partial charge in [-0.25, -0.2) is 13.6 Å². The van der Waals surface area contributed by atoms with Gasteiger partial charge < -0.3 is 5.32 Å². The molecule has 1 amide bonds. The molecule has 0 bridgehead atoms. The summed E-state index contributed by atoms with van der Waals surface area (Å²) >= 11 is 3.24. The zero-order chi connectivity index (χ0) is 13.5. The molecule has 2 rings (SSSR count). The van der Waals surface area contributed by atoms with Gasteiger partial charge in [0.1, 0.15) is 0 Å². The highest BCUT2D eigenvalue weighted by Gasteiger charge is 2.30. The topological polar surface area (TPSA) is 89.3 Å². The van der Waals surface area contributed by atoms with Crippen LogP contribution < -0.4 is 10.5 Å². The monoisotopic (exact) mass is 332 g/mol. The predicted octanol–water partition coefficient (Wildman–Crippen LogP) is 1.75. The Morgan fingerprint density at radius 3 is 2.56 bits per heavy atom. The highest BCUT2D eigenvalue weighted by atomic mass is 79.9. The van der Waals surface area contributed by atoms with E-state index >= 15 is 0 Å². The zero-order valence-corrected chi connectivity index (χ0v) is 12.1. The lowest BCUT2D eigenvalue weighted by molar-refractivity contribution is -0.117. The molecule has 7 heteroatoms. The van der Waals surface area contributed by atoms with E-state index in [0.29, 0.717) is 15.7 Å². The Bertz CT molecular complexity index is 609. The predicted molar refractivity (Wildman–Crippen MR) is 71.6 cm³/mol.